The summed E-state index contributed by atoms with van der Waals surface area (Å²) in [6.07, 6.45) is 2.11. The van der Waals surface area contributed by atoms with Gasteiger partial charge in [-0.2, -0.15) is 0 Å². The third-order valence-electron chi connectivity index (χ3n) is 3.22. The molecule has 4 nitrogen and oxygen atoms in total. The molecule has 1 aliphatic rings. The van der Waals surface area contributed by atoms with Crippen molar-refractivity contribution in [2.24, 2.45) is 5.73 Å². The molecule has 1 aromatic rings. The number of benzene rings is 1. The standard InChI is InChI=1S/C14H20N2O2/c1-18-8-4-7-14(17)16-10-12(15)9-11-5-2-3-6-13(11)16/h2-3,5-6,12H,4,7-10,15H2,1H3. The highest BCUT2D eigenvalue weighted by atomic mass is 16.5. The van der Waals surface area contributed by atoms with E-state index >= 15 is 0 Å². The normalized spacial score (nSPS) is 18.6. The molecule has 1 aliphatic heterocycles. The summed E-state index contributed by atoms with van der Waals surface area (Å²) >= 11 is 0. The largest absolute Gasteiger partial charge is 0.385 e. The van der Waals surface area contributed by atoms with Gasteiger partial charge < -0.3 is 15.4 Å². The van der Waals surface area contributed by atoms with Crippen molar-refractivity contribution in [1.29, 1.82) is 0 Å². The third kappa shape index (κ3) is 2.89. The van der Waals surface area contributed by atoms with Crippen LogP contribution in [0.25, 0.3) is 0 Å². The first-order chi connectivity index (χ1) is 8.72. The van der Waals surface area contributed by atoms with Crippen LogP contribution in [0, 0.1) is 0 Å². The molecule has 0 saturated carbocycles. The maximum Gasteiger partial charge on any atom is 0.227 e. The van der Waals surface area contributed by atoms with Crippen molar-refractivity contribution in [2.75, 3.05) is 25.2 Å². The summed E-state index contributed by atoms with van der Waals surface area (Å²) in [5, 5.41) is 0. The van der Waals surface area contributed by atoms with Crippen LogP contribution in [-0.2, 0) is 16.0 Å². The van der Waals surface area contributed by atoms with Crippen molar-refractivity contribution < 1.29 is 9.53 Å². The van der Waals surface area contributed by atoms with Crippen LogP contribution in [0.4, 0.5) is 5.69 Å². The first-order valence-corrected chi connectivity index (χ1v) is 6.35. The SMILES string of the molecule is COCCCC(=O)N1CC(N)Cc2ccccc21. The van der Waals surface area contributed by atoms with E-state index in [0.29, 0.717) is 19.6 Å². The van der Waals surface area contributed by atoms with Crippen LogP contribution in [-0.4, -0.2) is 32.2 Å². The number of fused-ring (bicyclic) bond motifs is 1. The van der Waals surface area contributed by atoms with Crippen molar-refractivity contribution in [3.8, 4) is 0 Å². The van der Waals surface area contributed by atoms with Gasteiger partial charge in [0.2, 0.25) is 5.91 Å². The Balaban J connectivity index is 2.10. The number of nitrogens with zero attached hydrogens (tertiary/aromatic N) is 1. The lowest BCUT2D eigenvalue weighted by Gasteiger charge is -2.33. The van der Waals surface area contributed by atoms with Crippen LogP contribution in [0.15, 0.2) is 24.3 Å². The van der Waals surface area contributed by atoms with E-state index in [1.54, 1.807) is 7.11 Å². The Morgan fingerprint density at radius 1 is 1.50 bits per heavy atom. The van der Waals surface area contributed by atoms with Gasteiger partial charge >= 0.3 is 0 Å². The van der Waals surface area contributed by atoms with E-state index in [1.165, 1.54) is 0 Å². The second-order valence-electron chi connectivity index (χ2n) is 4.69. The predicted octanol–water partition coefficient (Wildman–Crippen LogP) is 1.33. The Hall–Kier alpha value is -1.39. The molecule has 1 atom stereocenters. The minimum absolute atomic E-state index is 0.0336. The molecular weight excluding hydrogens is 228 g/mol. The average Bonchev–Trinajstić information content (AvgIpc) is 2.38. The topological polar surface area (TPSA) is 55.6 Å². The molecule has 98 valence electrons. The monoisotopic (exact) mass is 248 g/mol. The van der Waals surface area contributed by atoms with Gasteiger partial charge in [0.1, 0.15) is 0 Å². The molecule has 4 heteroatoms. The summed E-state index contributed by atoms with van der Waals surface area (Å²) < 4.78 is 4.97. The van der Waals surface area contributed by atoms with E-state index in [0.717, 1.165) is 24.1 Å². The highest BCUT2D eigenvalue weighted by Crippen LogP contribution is 2.26. The zero-order chi connectivity index (χ0) is 13.0. The number of carbonyl (C=O) groups is 1. The number of anilines is 1. The number of amides is 1. The second-order valence-corrected chi connectivity index (χ2v) is 4.69. The zero-order valence-electron chi connectivity index (χ0n) is 10.8. The van der Waals surface area contributed by atoms with Gasteiger partial charge in [-0.05, 0) is 24.5 Å². The molecule has 0 radical (unpaired) electrons. The van der Waals surface area contributed by atoms with Crippen molar-refractivity contribution in [2.45, 2.75) is 25.3 Å². The number of carbonyl (C=O) groups excluding carboxylic acids is 1. The average molecular weight is 248 g/mol. The zero-order valence-corrected chi connectivity index (χ0v) is 10.8. The Morgan fingerprint density at radius 3 is 3.06 bits per heavy atom. The van der Waals surface area contributed by atoms with Gasteiger partial charge in [0.25, 0.3) is 0 Å². The smallest absolute Gasteiger partial charge is 0.227 e. The molecule has 1 unspecified atom stereocenters. The minimum Gasteiger partial charge on any atom is -0.385 e. The number of nitrogens with two attached hydrogens (primary N) is 1. The van der Waals surface area contributed by atoms with Crippen molar-refractivity contribution in [3.05, 3.63) is 29.8 Å². The van der Waals surface area contributed by atoms with E-state index in [-0.39, 0.29) is 11.9 Å². The number of methoxy groups -OCH3 is 1. The summed E-state index contributed by atoms with van der Waals surface area (Å²) in [7, 11) is 1.65. The second kappa shape index (κ2) is 5.98. The van der Waals surface area contributed by atoms with Crippen LogP contribution in [0.5, 0.6) is 0 Å². The van der Waals surface area contributed by atoms with Gasteiger partial charge in [-0.3, -0.25) is 4.79 Å². The lowest BCUT2D eigenvalue weighted by molar-refractivity contribution is -0.119. The maximum atomic E-state index is 12.2. The fourth-order valence-electron chi connectivity index (χ4n) is 2.37. The molecule has 0 saturated heterocycles. The lowest BCUT2D eigenvalue weighted by atomic mass is 9.98. The summed E-state index contributed by atoms with van der Waals surface area (Å²) in [6, 6.07) is 8.03. The molecule has 1 aromatic carbocycles. The third-order valence-corrected chi connectivity index (χ3v) is 3.22. The van der Waals surface area contributed by atoms with E-state index in [2.05, 4.69) is 0 Å². The molecule has 1 amide bonds. The van der Waals surface area contributed by atoms with Crippen LogP contribution in [0.3, 0.4) is 0 Å². The molecule has 0 aliphatic carbocycles. The number of rotatable bonds is 4. The van der Waals surface area contributed by atoms with E-state index in [1.807, 2.05) is 29.2 Å². The number of ether oxygens (including phenoxy) is 1. The Morgan fingerprint density at radius 2 is 2.28 bits per heavy atom. The quantitative estimate of drug-likeness (QED) is 0.818. The van der Waals surface area contributed by atoms with Crippen molar-refractivity contribution in [1.82, 2.24) is 0 Å². The maximum absolute atomic E-state index is 12.2. The van der Waals surface area contributed by atoms with Gasteiger partial charge in [-0.1, -0.05) is 18.2 Å². The van der Waals surface area contributed by atoms with Gasteiger partial charge in [0.05, 0.1) is 0 Å². The first-order valence-electron chi connectivity index (χ1n) is 6.35. The molecule has 0 spiro atoms. The lowest BCUT2D eigenvalue weighted by Crippen LogP contribution is -2.46. The van der Waals surface area contributed by atoms with E-state index < -0.39 is 0 Å². The molecule has 0 bridgehead atoms. The first kappa shape index (κ1) is 13.1. The summed E-state index contributed by atoms with van der Waals surface area (Å²) in [6.45, 7) is 1.23. The predicted molar refractivity (Wildman–Crippen MR) is 71.6 cm³/mol. The van der Waals surface area contributed by atoms with Gasteiger partial charge in [0.15, 0.2) is 0 Å². The summed E-state index contributed by atoms with van der Waals surface area (Å²) in [5.41, 5.74) is 8.19. The van der Waals surface area contributed by atoms with Gasteiger partial charge in [-0.25, -0.2) is 0 Å². The van der Waals surface area contributed by atoms with E-state index in [4.69, 9.17) is 10.5 Å². The van der Waals surface area contributed by atoms with Gasteiger partial charge in [0, 0.05) is 38.4 Å². The number of hydrogen-bond acceptors (Lipinski definition) is 3. The number of para-hydroxylation sites is 1. The van der Waals surface area contributed by atoms with Gasteiger partial charge in [-0.15, -0.1) is 0 Å². The Kier molecular flexibility index (Phi) is 4.33. The Bertz CT molecular complexity index is 420. The van der Waals surface area contributed by atoms with Crippen LogP contribution in [0.2, 0.25) is 0 Å². The summed E-state index contributed by atoms with van der Waals surface area (Å²) in [4.78, 5) is 14.0. The molecule has 0 aromatic heterocycles. The highest BCUT2D eigenvalue weighted by Gasteiger charge is 2.25. The van der Waals surface area contributed by atoms with Crippen LogP contribution < -0.4 is 10.6 Å². The Labute approximate surface area is 108 Å². The van der Waals surface area contributed by atoms with Crippen LogP contribution >= 0.6 is 0 Å². The molecule has 2 N–H and O–H groups in total. The van der Waals surface area contributed by atoms with Crippen LogP contribution in [0.1, 0.15) is 18.4 Å². The molecule has 2 rings (SSSR count). The fraction of sp³-hybridized carbons (Fsp3) is 0.500. The fourth-order valence-corrected chi connectivity index (χ4v) is 2.37. The van der Waals surface area contributed by atoms with Crippen molar-refractivity contribution >= 4 is 11.6 Å². The molecule has 0 fully saturated rings. The van der Waals surface area contributed by atoms with Crippen molar-refractivity contribution in [3.63, 3.8) is 0 Å². The number of hydrogen-bond donors (Lipinski definition) is 1. The highest BCUT2D eigenvalue weighted by molar-refractivity contribution is 5.94. The minimum atomic E-state index is 0.0336. The molecule has 1 heterocycles. The molecule has 18 heavy (non-hydrogen) atoms. The van der Waals surface area contributed by atoms with E-state index in [9.17, 15) is 4.79 Å². The molecular formula is C14H20N2O2. The summed E-state index contributed by atoms with van der Waals surface area (Å²) in [5.74, 6) is 0.134.